The van der Waals surface area contributed by atoms with E-state index in [1.807, 2.05) is 0 Å². The van der Waals surface area contributed by atoms with Gasteiger partial charge >= 0.3 is 0 Å². The van der Waals surface area contributed by atoms with E-state index in [4.69, 9.17) is 5.73 Å². The highest BCUT2D eigenvalue weighted by Gasteiger charge is 2.26. The second-order valence-corrected chi connectivity index (χ2v) is 6.06. The maximum absolute atomic E-state index is 12.2. The van der Waals surface area contributed by atoms with Crippen molar-refractivity contribution in [3.05, 3.63) is 17.1 Å². The Morgan fingerprint density at radius 3 is 3.10 bits per heavy atom. The zero-order valence-corrected chi connectivity index (χ0v) is 11.7. The lowest BCUT2D eigenvalue weighted by atomic mass is 10.1. The van der Waals surface area contributed by atoms with E-state index in [-0.39, 0.29) is 17.9 Å². The summed E-state index contributed by atoms with van der Waals surface area (Å²) < 4.78 is 0. The Kier molecular flexibility index (Phi) is 3.54. The van der Waals surface area contributed by atoms with Crippen LogP contribution in [0.2, 0.25) is 0 Å². The molecule has 6 nitrogen and oxygen atoms in total. The molecule has 0 bridgehead atoms. The van der Waals surface area contributed by atoms with Gasteiger partial charge in [-0.05, 0) is 18.9 Å². The van der Waals surface area contributed by atoms with E-state index in [0.717, 1.165) is 24.6 Å². The molecule has 20 heavy (non-hydrogen) atoms. The molecule has 0 aromatic carbocycles. The zero-order valence-electron chi connectivity index (χ0n) is 10.9. The Morgan fingerprint density at radius 2 is 2.40 bits per heavy atom. The van der Waals surface area contributed by atoms with Crippen LogP contribution in [-0.4, -0.2) is 33.9 Å². The van der Waals surface area contributed by atoms with Gasteiger partial charge in [0.05, 0.1) is 18.0 Å². The summed E-state index contributed by atoms with van der Waals surface area (Å²) in [5.41, 5.74) is 6.43. The summed E-state index contributed by atoms with van der Waals surface area (Å²) in [4.78, 5) is 13.3. The Labute approximate surface area is 120 Å². The van der Waals surface area contributed by atoms with Crippen molar-refractivity contribution >= 4 is 33.1 Å². The number of thiophene rings is 1. The minimum Gasteiger partial charge on any atom is -0.397 e. The molecule has 2 aromatic rings. The van der Waals surface area contributed by atoms with Crippen LogP contribution in [0.25, 0.3) is 10.2 Å². The average Bonchev–Trinajstić information content (AvgIpc) is 3.01. The number of nitrogens with zero attached hydrogens (tertiary/aromatic N) is 2. The van der Waals surface area contributed by atoms with Crippen LogP contribution in [-0.2, 0) is 0 Å². The van der Waals surface area contributed by atoms with Crippen molar-refractivity contribution in [2.75, 3.05) is 12.3 Å². The average molecular weight is 292 g/mol. The predicted octanol–water partition coefficient (Wildman–Crippen LogP) is 1.16. The Balaban J connectivity index is 1.74. The first-order valence-electron chi connectivity index (χ1n) is 6.62. The topological polar surface area (TPSA) is 101 Å². The van der Waals surface area contributed by atoms with Gasteiger partial charge in [0.2, 0.25) is 0 Å². The molecule has 1 fully saturated rings. The number of hydrogen-bond acceptors (Lipinski definition) is 6. The monoisotopic (exact) mass is 292 g/mol. The molecule has 0 aliphatic heterocycles. The maximum atomic E-state index is 12.2. The molecule has 0 saturated heterocycles. The highest BCUT2D eigenvalue weighted by molar-refractivity contribution is 7.21. The molecule has 1 aliphatic carbocycles. The van der Waals surface area contributed by atoms with Crippen LogP contribution in [0.3, 0.4) is 0 Å². The number of aliphatic hydroxyl groups excluding tert-OH is 1. The van der Waals surface area contributed by atoms with Gasteiger partial charge in [-0.1, -0.05) is 6.42 Å². The molecule has 2 atom stereocenters. The van der Waals surface area contributed by atoms with Crippen LogP contribution in [0.1, 0.15) is 28.9 Å². The van der Waals surface area contributed by atoms with E-state index < -0.39 is 0 Å². The number of aliphatic hydroxyl groups is 1. The molecule has 2 aromatic heterocycles. The molecule has 0 spiro atoms. The number of carbonyl (C=O) groups is 1. The first kappa shape index (κ1) is 13.3. The standard InChI is InChI=1S/C13H16N4O2S/c14-10-8-4-5-16-17-13(8)20-11(10)12(19)15-6-7-2-1-3-9(7)18/h4-5,7,9,18H,1-3,6,14H2,(H,15,19). The minimum atomic E-state index is -0.305. The summed E-state index contributed by atoms with van der Waals surface area (Å²) in [7, 11) is 0. The number of amides is 1. The number of nitrogen functional groups attached to an aromatic ring is 1. The summed E-state index contributed by atoms with van der Waals surface area (Å²) in [6, 6.07) is 1.76. The first-order chi connectivity index (χ1) is 9.66. The van der Waals surface area contributed by atoms with Crippen molar-refractivity contribution in [3.63, 3.8) is 0 Å². The van der Waals surface area contributed by atoms with Gasteiger partial charge in [0.15, 0.2) is 0 Å². The first-order valence-corrected chi connectivity index (χ1v) is 7.44. The van der Waals surface area contributed by atoms with Gasteiger partial charge in [-0.3, -0.25) is 4.79 Å². The maximum Gasteiger partial charge on any atom is 0.263 e. The van der Waals surface area contributed by atoms with Crippen LogP contribution in [0, 0.1) is 5.92 Å². The lowest BCUT2D eigenvalue weighted by Gasteiger charge is -2.14. The van der Waals surface area contributed by atoms with Gasteiger partial charge < -0.3 is 16.2 Å². The molecule has 7 heteroatoms. The molecule has 1 aliphatic rings. The fourth-order valence-electron chi connectivity index (χ4n) is 2.60. The highest BCUT2D eigenvalue weighted by Crippen LogP contribution is 2.31. The summed E-state index contributed by atoms with van der Waals surface area (Å²) >= 11 is 1.24. The van der Waals surface area contributed by atoms with Crippen LogP contribution >= 0.6 is 11.3 Å². The predicted molar refractivity (Wildman–Crippen MR) is 77.5 cm³/mol. The number of hydrogen-bond donors (Lipinski definition) is 3. The largest absolute Gasteiger partial charge is 0.397 e. The molecule has 0 radical (unpaired) electrons. The molecule has 4 N–H and O–H groups in total. The van der Waals surface area contributed by atoms with E-state index >= 15 is 0 Å². The molecule has 2 heterocycles. The third-order valence-electron chi connectivity index (χ3n) is 3.77. The highest BCUT2D eigenvalue weighted by atomic mass is 32.1. The number of nitrogens with one attached hydrogen (secondary N) is 1. The summed E-state index contributed by atoms with van der Waals surface area (Å²) in [6.07, 6.45) is 4.04. The van der Waals surface area contributed by atoms with E-state index in [9.17, 15) is 9.90 Å². The Morgan fingerprint density at radius 1 is 1.55 bits per heavy atom. The second kappa shape index (κ2) is 5.34. The fraction of sp³-hybridized carbons (Fsp3) is 0.462. The number of rotatable bonds is 3. The van der Waals surface area contributed by atoms with E-state index in [2.05, 4.69) is 15.5 Å². The third kappa shape index (κ3) is 2.34. The van der Waals surface area contributed by atoms with E-state index in [0.29, 0.717) is 21.9 Å². The van der Waals surface area contributed by atoms with Crippen molar-refractivity contribution < 1.29 is 9.90 Å². The molecule has 3 rings (SSSR count). The summed E-state index contributed by atoms with van der Waals surface area (Å²) in [6.45, 7) is 0.485. The third-order valence-corrected chi connectivity index (χ3v) is 4.87. The van der Waals surface area contributed by atoms with Gasteiger partial charge in [0.1, 0.15) is 9.71 Å². The number of aromatic nitrogens is 2. The molecule has 2 unspecified atom stereocenters. The summed E-state index contributed by atoms with van der Waals surface area (Å²) in [5, 5.41) is 21.1. The molecule has 1 amide bonds. The lowest BCUT2D eigenvalue weighted by molar-refractivity contribution is 0.0921. The van der Waals surface area contributed by atoms with Gasteiger partial charge in [0, 0.05) is 17.8 Å². The van der Waals surface area contributed by atoms with Crippen molar-refractivity contribution in [2.45, 2.75) is 25.4 Å². The molecule has 106 valence electrons. The van der Waals surface area contributed by atoms with Crippen LogP contribution in [0.4, 0.5) is 5.69 Å². The van der Waals surface area contributed by atoms with Crippen molar-refractivity contribution in [1.82, 2.24) is 15.5 Å². The summed E-state index contributed by atoms with van der Waals surface area (Å²) in [5.74, 6) is -0.0565. The second-order valence-electron chi connectivity index (χ2n) is 5.06. The van der Waals surface area contributed by atoms with Crippen molar-refractivity contribution in [1.29, 1.82) is 0 Å². The van der Waals surface area contributed by atoms with Gasteiger partial charge in [-0.15, -0.1) is 16.4 Å². The SMILES string of the molecule is Nc1c(C(=O)NCC2CCCC2O)sc2nnccc12. The van der Waals surface area contributed by atoms with E-state index in [1.165, 1.54) is 11.3 Å². The van der Waals surface area contributed by atoms with Crippen LogP contribution in [0.5, 0.6) is 0 Å². The quantitative estimate of drug-likeness (QED) is 0.788. The van der Waals surface area contributed by atoms with Crippen molar-refractivity contribution in [3.8, 4) is 0 Å². The van der Waals surface area contributed by atoms with Crippen molar-refractivity contribution in [2.24, 2.45) is 5.92 Å². The number of fused-ring (bicyclic) bond motifs is 1. The smallest absolute Gasteiger partial charge is 0.263 e. The lowest BCUT2D eigenvalue weighted by Crippen LogP contribution is -2.32. The van der Waals surface area contributed by atoms with Gasteiger partial charge in [-0.2, -0.15) is 5.10 Å². The molecule has 1 saturated carbocycles. The minimum absolute atomic E-state index is 0.148. The van der Waals surface area contributed by atoms with Gasteiger partial charge in [-0.25, -0.2) is 0 Å². The molecular weight excluding hydrogens is 276 g/mol. The Bertz CT molecular complexity index is 642. The number of anilines is 1. The number of nitrogens with two attached hydrogens (primary N) is 1. The van der Waals surface area contributed by atoms with Crippen LogP contribution in [0.15, 0.2) is 12.3 Å². The zero-order chi connectivity index (χ0) is 14.1. The van der Waals surface area contributed by atoms with Gasteiger partial charge in [0.25, 0.3) is 5.91 Å². The van der Waals surface area contributed by atoms with Crippen LogP contribution < -0.4 is 11.1 Å². The van der Waals surface area contributed by atoms with E-state index in [1.54, 1.807) is 12.3 Å². The Hall–Kier alpha value is -1.73. The number of carbonyl (C=O) groups excluding carboxylic acids is 1. The molecular formula is C13H16N4O2S. The normalized spacial score (nSPS) is 22.2. The fourth-order valence-corrected chi connectivity index (χ4v) is 3.56.